The molecule has 0 amide bonds. The number of rotatable bonds is 1. The van der Waals surface area contributed by atoms with E-state index in [9.17, 15) is 14.9 Å². The zero-order chi connectivity index (χ0) is 7.56. The van der Waals surface area contributed by atoms with Crippen molar-refractivity contribution in [2.45, 2.75) is 0 Å². The summed E-state index contributed by atoms with van der Waals surface area (Å²) in [6.45, 7) is 0. The molecule has 1 aliphatic rings. The molecule has 0 atom stereocenters. The van der Waals surface area contributed by atoms with Crippen LogP contribution in [0.15, 0.2) is 29.7 Å². The van der Waals surface area contributed by atoms with Crippen LogP contribution in [0.3, 0.4) is 0 Å². The van der Waals surface area contributed by atoms with Crippen LogP contribution in [-0.4, -0.2) is 10.7 Å². The highest BCUT2D eigenvalue weighted by Crippen LogP contribution is 2.00. The maximum atomic E-state index is 10.4. The van der Waals surface area contributed by atoms with Crippen molar-refractivity contribution >= 4 is 5.78 Å². The number of carbonyl (C=O) groups is 1. The van der Waals surface area contributed by atoms with Gasteiger partial charge in [0.15, 0.2) is 5.78 Å². The molecule has 0 aromatic rings. The minimum absolute atomic E-state index is 0.181. The van der Waals surface area contributed by atoms with Crippen molar-refractivity contribution in [2.24, 2.45) is 0 Å². The maximum absolute atomic E-state index is 10.4. The summed E-state index contributed by atoms with van der Waals surface area (Å²) in [6, 6.07) is 0. The summed E-state index contributed by atoms with van der Waals surface area (Å²) >= 11 is 0. The number of ketones is 1. The maximum Gasteiger partial charge on any atom is 0.312 e. The van der Waals surface area contributed by atoms with Gasteiger partial charge in [-0.3, -0.25) is 14.9 Å². The van der Waals surface area contributed by atoms with E-state index in [1.807, 2.05) is 0 Å². The molecule has 0 fully saturated rings. The largest absolute Gasteiger partial charge is 0.312 e. The van der Waals surface area contributed by atoms with Gasteiger partial charge in [0.2, 0.25) is 0 Å². The average molecular weight is 137 g/mol. The number of hydrogen-bond acceptors (Lipinski definition) is 3. The summed E-state index contributed by atoms with van der Waals surface area (Å²) in [7, 11) is 0. The zero-order valence-electron chi connectivity index (χ0n) is 4.90. The molecule has 1 aliphatic carbocycles. The summed E-state index contributed by atoms with van der Waals surface area (Å²) in [5, 5.41) is 9.98. The van der Waals surface area contributed by atoms with Crippen LogP contribution >= 0.6 is 0 Å². The molecular formula is C6H3NO3. The van der Waals surface area contributed by atoms with E-state index in [0.717, 1.165) is 18.2 Å². The first-order valence-corrected chi connectivity index (χ1v) is 2.53. The molecule has 0 aliphatic heterocycles. The minimum Gasteiger partial charge on any atom is -0.289 e. The first-order valence-electron chi connectivity index (χ1n) is 2.53. The summed E-state index contributed by atoms with van der Waals surface area (Å²) in [6.07, 6.45) is 3.30. The van der Waals surface area contributed by atoms with Crippen molar-refractivity contribution < 1.29 is 9.72 Å². The second kappa shape index (κ2) is 2.29. The van der Waals surface area contributed by atoms with Gasteiger partial charge in [0.1, 0.15) is 0 Å². The van der Waals surface area contributed by atoms with Gasteiger partial charge in [0.25, 0.3) is 0 Å². The SMILES string of the molecule is O=C1C=C=C([N+](=O)[O-])C=C1. The van der Waals surface area contributed by atoms with Gasteiger partial charge in [-0.2, -0.15) is 0 Å². The van der Waals surface area contributed by atoms with Crippen LogP contribution in [0.25, 0.3) is 0 Å². The number of allylic oxidation sites excluding steroid dienone is 2. The normalized spacial score (nSPS) is 15.2. The third kappa shape index (κ3) is 1.18. The van der Waals surface area contributed by atoms with Gasteiger partial charge in [-0.05, 0) is 11.8 Å². The second-order valence-corrected chi connectivity index (χ2v) is 1.67. The molecule has 0 saturated carbocycles. The van der Waals surface area contributed by atoms with Gasteiger partial charge in [0, 0.05) is 12.2 Å². The molecule has 0 aromatic carbocycles. The van der Waals surface area contributed by atoms with E-state index in [-0.39, 0.29) is 11.5 Å². The highest BCUT2D eigenvalue weighted by atomic mass is 16.6. The summed E-state index contributed by atoms with van der Waals surface area (Å²) in [5.74, 6) is -0.273. The number of nitro groups is 1. The molecule has 4 nitrogen and oxygen atoms in total. The molecule has 0 radical (unpaired) electrons. The third-order valence-electron chi connectivity index (χ3n) is 0.964. The van der Waals surface area contributed by atoms with E-state index in [2.05, 4.69) is 5.73 Å². The molecule has 0 bridgehead atoms. The molecule has 0 aromatic heterocycles. The van der Waals surface area contributed by atoms with Gasteiger partial charge in [-0.15, -0.1) is 0 Å². The number of hydrogen-bond donors (Lipinski definition) is 0. The highest BCUT2D eigenvalue weighted by Gasteiger charge is 2.07. The van der Waals surface area contributed by atoms with Gasteiger partial charge < -0.3 is 0 Å². The van der Waals surface area contributed by atoms with Crippen molar-refractivity contribution in [1.29, 1.82) is 0 Å². The molecule has 0 saturated heterocycles. The lowest BCUT2D eigenvalue weighted by molar-refractivity contribution is -0.418. The summed E-state index contributed by atoms with van der Waals surface area (Å²) < 4.78 is 0. The Morgan fingerprint density at radius 1 is 1.50 bits per heavy atom. The fourth-order valence-electron chi connectivity index (χ4n) is 0.516. The van der Waals surface area contributed by atoms with Crippen LogP contribution in [0, 0.1) is 10.1 Å². The lowest BCUT2D eigenvalue weighted by Gasteiger charge is -1.88. The van der Waals surface area contributed by atoms with Crippen LogP contribution in [0.4, 0.5) is 0 Å². The molecule has 10 heavy (non-hydrogen) atoms. The molecule has 1 rings (SSSR count). The summed E-state index contributed by atoms with van der Waals surface area (Å²) in [4.78, 5) is 19.8. The van der Waals surface area contributed by atoms with Gasteiger partial charge >= 0.3 is 5.70 Å². The lowest BCUT2D eigenvalue weighted by atomic mass is 10.2. The second-order valence-electron chi connectivity index (χ2n) is 1.67. The Bertz CT molecular complexity index is 281. The van der Waals surface area contributed by atoms with Gasteiger partial charge in [-0.25, -0.2) is 0 Å². The van der Waals surface area contributed by atoms with E-state index in [1.54, 1.807) is 0 Å². The van der Waals surface area contributed by atoms with Crippen molar-refractivity contribution in [3.8, 4) is 0 Å². The molecule has 50 valence electrons. The van der Waals surface area contributed by atoms with Crippen molar-refractivity contribution in [2.75, 3.05) is 0 Å². The van der Waals surface area contributed by atoms with E-state index in [0.29, 0.717) is 0 Å². The number of carbonyl (C=O) groups excluding carboxylic acids is 1. The Morgan fingerprint density at radius 2 is 2.20 bits per heavy atom. The first-order chi connectivity index (χ1) is 4.70. The van der Waals surface area contributed by atoms with Crippen LogP contribution in [0.1, 0.15) is 0 Å². The Labute approximate surface area is 56.3 Å². The Morgan fingerprint density at radius 3 is 2.60 bits per heavy atom. The first kappa shape index (κ1) is 6.45. The fraction of sp³-hybridized carbons (Fsp3) is 0. The molecule has 0 N–H and O–H groups in total. The van der Waals surface area contributed by atoms with Crippen molar-refractivity contribution in [3.05, 3.63) is 39.8 Å². The van der Waals surface area contributed by atoms with Gasteiger partial charge in [-0.1, -0.05) is 0 Å². The van der Waals surface area contributed by atoms with E-state index in [1.165, 1.54) is 0 Å². The monoisotopic (exact) mass is 137 g/mol. The Hall–Kier alpha value is -1.67. The highest BCUT2D eigenvalue weighted by molar-refractivity contribution is 6.00. The minimum atomic E-state index is -0.598. The fourth-order valence-corrected chi connectivity index (χ4v) is 0.516. The Balaban J connectivity index is 3.03. The van der Waals surface area contributed by atoms with E-state index >= 15 is 0 Å². The van der Waals surface area contributed by atoms with Gasteiger partial charge in [0.05, 0.1) is 4.92 Å². The topological polar surface area (TPSA) is 60.2 Å². The van der Waals surface area contributed by atoms with Crippen LogP contribution in [0.2, 0.25) is 0 Å². The van der Waals surface area contributed by atoms with E-state index in [4.69, 9.17) is 0 Å². The van der Waals surface area contributed by atoms with Crippen LogP contribution in [-0.2, 0) is 4.79 Å². The molecular weight excluding hydrogens is 134 g/mol. The average Bonchev–Trinajstić information content (AvgIpc) is 1.88. The molecule has 0 heterocycles. The smallest absolute Gasteiger partial charge is 0.289 e. The van der Waals surface area contributed by atoms with Crippen molar-refractivity contribution in [1.82, 2.24) is 0 Å². The lowest BCUT2D eigenvalue weighted by Crippen LogP contribution is -1.98. The predicted molar refractivity (Wildman–Crippen MR) is 32.7 cm³/mol. The third-order valence-corrected chi connectivity index (χ3v) is 0.964. The molecule has 0 unspecified atom stereocenters. The Kier molecular flexibility index (Phi) is 1.48. The summed E-state index contributed by atoms with van der Waals surface area (Å²) in [5.41, 5.74) is 2.04. The number of nitrogens with zero attached hydrogens (tertiary/aromatic N) is 1. The standard InChI is InChI=1S/C6H3NO3/c8-6-3-1-5(2-4-6)7(9)10/h1,3-4H. The quantitative estimate of drug-likeness (QED) is 0.299. The van der Waals surface area contributed by atoms with Crippen molar-refractivity contribution in [3.63, 3.8) is 0 Å². The molecule has 4 heteroatoms. The zero-order valence-corrected chi connectivity index (χ0v) is 4.90. The van der Waals surface area contributed by atoms with Crippen LogP contribution < -0.4 is 0 Å². The predicted octanol–water partition coefficient (Wildman–Crippen LogP) is 0.441. The van der Waals surface area contributed by atoms with Crippen LogP contribution in [0.5, 0.6) is 0 Å². The molecule has 0 spiro atoms. The van der Waals surface area contributed by atoms with E-state index < -0.39 is 4.92 Å².